The van der Waals surface area contributed by atoms with Crippen molar-refractivity contribution < 1.29 is 14.3 Å². The highest BCUT2D eigenvalue weighted by molar-refractivity contribution is 5.81. The Labute approximate surface area is 125 Å². The number of carbonyl (C=O) groups excluding carboxylic acids is 1. The molecule has 5 heteroatoms. The number of morpholine rings is 1. The fraction of sp³-hybridized carbons (Fsp3) is 0.562. The molecule has 0 spiro atoms. The Balaban J connectivity index is 1.71. The zero-order valence-electron chi connectivity index (χ0n) is 12.1. The van der Waals surface area contributed by atoms with Gasteiger partial charge in [0, 0.05) is 19.7 Å². The van der Waals surface area contributed by atoms with Gasteiger partial charge in [-0.1, -0.05) is 30.3 Å². The van der Waals surface area contributed by atoms with Crippen LogP contribution in [-0.4, -0.2) is 44.4 Å². The lowest BCUT2D eigenvalue weighted by Crippen LogP contribution is -2.50. The molecule has 0 aromatic heterocycles. The molecule has 1 aromatic rings. The van der Waals surface area contributed by atoms with Crippen LogP contribution in [0.1, 0.15) is 24.4 Å². The van der Waals surface area contributed by atoms with E-state index in [0.717, 1.165) is 31.6 Å². The van der Waals surface area contributed by atoms with Crippen LogP contribution in [0.15, 0.2) is 30.3 Å². The Bertz CT molecular complexity index is 454. The third-order valence-corrected chi connectivity index (χ3v) is 4.01. The lowest BCUT2D eigenvalue weighted by Gasteiger charge is -2.28. The van der Waals surface area contributed by atoms with E-state index in [1.165, 1.54) is 0 Å². The fourth-order valence-corrected chi connectivity index (χ4v) is 2.90. The first-order chi connectivity index (χ1) is 10.3. The van der Waals surface area contributed by atoms with Crippen LogP contribution in [0.4, 0.5) is 0 Å². The standard InChI is InChI=1S/C16H22N2O3/c19-16(14-11-17-8-10-21-14)18-15(13-7-4-9-20-13)12-5-2-1-3-6-12/h1-3,5-6,13-15,17H,4,7-11H2,(H,18,19). The Morgan fingerprint density at radius 3 is 2.76 bits per heavy atom. The molecule has 0 radical (unpaired) electrons. The summed E-state index contributed by atoms with van der Waals surface area (Å²) in [5.41, 5.74) is 1.08. The van der Waals surface area contributed by atoms with Crippen LogP contribution < -0.4 is 10.6 Å². The largest absolute Gasteiger partial charge is 0.376 e. The number of rotatable bonds is 4. The first-order valence-electron chi connectivity index (χ1n) is 7.64. The van der Waals surface area contributed by atoms with Gasteiger partial charge in [0.1, 0.15) is 6.10 Å². The van der Waals surface area contributed by atoms with E-state index >= 15 is 0 Å². The van der Waals surface area contributed by atoms with Gasteiger partial charge >= 0.3 is 0 Å². The van der Waals surface area contributed by atoms with Gasteiger partial charge < -0.3 is 20.1 Å². The number of ether oxygens (including phenoxy) is 2. The minimum atomic E-state index is -0.411. The van der Waals surface area contributed by atoms with E-state index in [-0.39, 0.29) is 18.1 Å². The van der Waals surface area contributed by atoms with Gasteiger partial charge in [-0.05, 0) is 18.4 Å². The van der Waals surface area contributed by atoms with Crippen LogP contribution >= 0.6 is 0 Å². The average molecular weight is 290 g/mol. The van der Waals surface area contributed by atoms with Crippen LogP contribution in [-0.2, 0) is 14.3 Å². The highest BCUT2D eigenvalue weighted by atomic mass is 16.5. The lowest BCUT2D eigenvalue weighted by molar-refractivity contribution is -0.136. The summed E-state index contributed by atoms with van der Waals surface area (Å²) in [6.07, 6.45) is 1.66. The summed E-state index contributed by atoms with van der Waals surface area (Å²) in [6, 6.07) is 9.92. The van der Waals surface area contributed by atoms with Crippen molar-refractivity contribution in [3.8, 4) is 0 Å². The third kappa shape index (κ3) is 3.61. The molecule has 0 aliphatic carbocycles. The first-order valence-corrected chi connectivity index (χ1v) is 7.64. The number of amides is 1. The van der Waals surface area contributed by atoms with Crippen molar-refractivity contribution in [2.24, 2.45) is 0 Å². The van der Waals surface area contributed by atoms with Crippen molar-refractivity contribution in [2.75, 3.05) is 26.3 Å². The van der Waals surface area contributed by atoms with Crippen LogP contribution in [0.2, 0.25) is 0 Å². The Kier molecular flexibility index (Phi) is 4.85. The molecule has 3 rings (SSSR count). The topological polar surface area (TPSA) is 59.6 Å². The summed E-state index contributed by atoms with van der Waals surface area (Å²) in [5, 5.41) is 6.30. The van der Waals surface area contributed by atoms with Gasteiger partial charge in [-0.2, -0.15) is 0 Å². The average Bonchev–Trinajstić information content (AvgIpc) is 3.08. The fourth-order valence-electron chi connectivity index (χ4n) is 2.90. The second-order valence-electron chi connectivity index (χ2n) is 5.51. The lowest BCUT2D eigenvalue weighted by atomic mass is 9.99. The van der Waals surface area contributed by atoms with Gasteiger partial charge in [-0.25, -0.2) is 0 Å². The van der Waals surface area contributed by atoms with E-state index in [9.17, 15) is 4.79 Å². The van der Waals surface area contributed by atoms with Crippen molar-refractivity contribution in [3.63, 3.8) is 0 Å². The van der Waals surface area contributed by atoms with E-state index in [1.54, 1.807) is 0 Å². The maximum Gasteiger partial charge on any atom is 0.251 e. The van der Waals surface area contributed by atoms with Crippen LogP contribution in [0, 0.1) is 0 Å². The monoisotopic (exact) mass is 290 g/mol. The van der Waals surface area contributed by atoms with E-state index < -0.39 is 6.10 Å². The number of hydrogen-bond donors (Lipinski definition) is 2. The molecule has 2 aliphatic heterocycles. The molecule has 2 N–H and O–H groups in total. The molecule has 1 amide bonds. The first kappa shape index (κ1) is 14.5. The van der Waals surface area contributed by atoms with Crippen molar-refractivity contribution in [2.45, 2.75) is 31.1 Å². The minimum absolute atomic E-state index is 0.0490. The molecule has 1 aromatic carbocycles. The summed E-state index contributed by atoms with van der Waals surface area (Å²) in [6.45, 7) is 2.72. The van der Waals surface area contributed by atoms with E-state index in [0.29, 0.717) is 13.2 Å². The molecule has 3 atom stereocenters. The van der Waals surface area contributed by atoms with Gasteiger partial charge in [0.25, 0.3) is 5.91 Å². The molecule has 0 saturated carbocycles. The number of hydrogen-bond acceptors (Lipinski definition) is 4. The van der Waals surface area contributed by atoms with Gasteiger partial charge in [-0.3, -0.25) is 4.79 Å². The van der Waals surface area contributed by atoms with E-state index in [2.05, 4.69) is 10.6 Å². The molecule has 2 fully saturated rings. The summed E-state index contributed by atoms with van der Waals surface area (Å²) < 4.78 is 11.3. The molecule has 2 aliphatic rings. The van der Waals surface area contributed by atoms with Gasteiger partial charge in [0.2, 0.25) is 0 Å². The SMILES string of the molecule is O=C(NC(c1ccccc1)C1CCCO1)C1CNCCO1. The van der Waals surface area contributed by atoms with Gasteiger partial charge in [-0.15, -0.1) is 0 Å². The minimum Gasteiger partial charge on any atom is -0.376 e. The highest BCUT2D eigenvalue weighted by Gasteiger charge is 2.31. The van der Waals surface area contributed by atoms with Crippen molar-refractivity contribution in [1.82, 2.24) is 10.6 Å². The molecular formula is C16H22N2O3. The van der Waals surface area contributed by atoms with E-state index in [4.69, 9.17) is 9.47 Å². The van der Waals surface area contributed by atoms with Crippen LogP contribution in [0.25, 0.3) is 0 Å². The molecule has 2 saturated heterocycles. The summed E-state index contributed by atoms with van der Waals surface area (Å²) in [4.78, 5) is 12.4. The number of benzene rings is 1. The zero-order valence-corrected chi connectivity index (χ0v) is 12.1. The predicted molar refractivity (Wildman–Crippen MR) is 78.9 cm³/mol. The van der Waals surface area contributed by atoms with Crippen molar-refractivity contribution in [1.29, 1.82) is 0 Å². The zero-order chi connectivity index (χ0) is 14.5. The molecule has 0 bridgehead atoms. The predicted octanol–water partition coefficient (Wildman–Crippen LogP) is 1.01. The van der Waals surface area contributed by atoms with E-state index in [1.807, 2.05) is 30.3 Å². The van der Waals surface area contributed by atoms with Gasteiger partial charge in [0.15, 0.2) is 0 Å². The normalized spacial score (nSPS) is 27.2. The third-order valence-electron chi connectivity index (χ3n) is 4.01. The van der Waals surface area contributed by atoms with Crippen LogP contribution in [0.3, 0.4) is 0 Å². The Morgan fingerprint density at radius 2 is 2.10 bits per heavy atom. The molecule has 2 heterocycles. The Morgan fingerprint density at radius 1 is 1.24 bits per heavy atom. The second kappa shape index (κ2) is 7.02. The maximum absolute atomic E-state index is 12.4. The van der Waals surface area contributed by atoms with Crippen molar-refractivity contribution in [3.05, 3.63) is 35.9 Å². The Hall–Kier alpha value is -1.43. The molecule has 5 nitrogen and oxygen atoms in total. The smallest absolute Gasteiger partial charge is 0.251 e. The van der Waals surface area contributed by atoms with Gasteiger partial charge in [0.05, 0.1) is 18.8 Å². The summed E-state index contributed by atoms with van der Waals surface area (Å²) >= 11 is 0. The molecule has 114 valence electrons. The van der Waals surface area contributed by atoms with Crippen LogP contribution in [0.5, 0.6) is 0 Å². The molecule has 21 heavy (non-hydrogen) atoms. The summed E-state index contributed by atoms with van der Waals surface area (Å²) in [7, 11) is 0. The second-order valence-corrected chi connectivity index (χ2v) is 5.51. The highest BCUT2D eigenvalue weighted by Crippen LogP contribution is 2.27. The molecule has 3 unspecified atom stereocenters. The number of carbonyl (C=O) groups is 1. The summed E-state index contributed by atoms with van der Waals surface area (Å²) in [5.74, 6) is -0.0634. The van der Waals surface area contributed by atoms with Crippen molar-refractivity contribution >= 4 is 5.91 Å². The maximum atomic E-state index is 12.4. The number of nitrogens with one attached hydrogen (secondary N) is 2. The molecular weight excluding hydrogens is 268 g/mol. The quantitative estimate of drug-likeness (QED) is 0.869.